The molecule has 20 heavy (non-hydrogen) atoms. The molecule has 2 rings (SSSR count). The van der Waals surface area contributed by atoms with Crippen molar-refractivity contribution < 1.29 is 4.74 Å². The number of ether oxygens (including phenoxy) is 1. The minimum absolute atomic E-state index is 0.620. The second-order valence-electron chi connectivity index (χ2n) is 4.37. The summed E-state index contributed by atoms with van der Waals surface area (Å²) in [5.74, 6) is 1.64. The van der Waals surface area contributed by atoms with Crippen LogP contribution in [0.5, 0.6) is 5.75 Å². The highest BCUT2D eigenvalue weighted by Crippen LogP contribution is 2.23. The number of hydrogen-bond donors (Lipinski definition) is 0. The van der Waals surface area contributed by atoms with Crippen LogP contribution in [0.3, 0.4) is 0 Å². The summed E-state index contributed by atoms with van der Waals surface area (Å²) in [6.07, 6.45) is 12.5. The Bertz CT molecular complexity index is 606. The number of amidine groups is 1. The number of hydrogen-bond acceptors (Lipinski definition) is 3. The Hall–Kier alpha value is -2.47. The molecule has 0 saturated carbocycles. The van der Waals surface area contributed by atoms with Crippen LogP contribution in [-0.2, 0) is 0 Å². The lowest BCUT2D eigenvalue weighted by Gasteiger charge is -2.20. The van der Waals surface area contributed by atoms with Crippen molar-refractivity contribution in [1.82, 2.24) is 4.90 Å². The van der Waals surface area contributed by atoms with Gasteiger partial charge in [-0.3, -0.25) is 9.89 Å². The monoisotopic (exact) mass is 266 g/mol. The molecule has 1 heterocycles. The van der Waals surface area contributed by atoms with Gasteiger partial charge in [0.15, 0.2) is 0 Å². The lowest BCUT2D eigenvalue weighted by molar-refractivity contribution is 0.414. The van der Waals surface area contributed by atoms with E-state index in [0.29, 0.717) is 6.54 Å². The Morgan fingerprint density at radius 3 is 3.05 bits per heavy atom. The molecule has 0 fully saturated rings. The molecule has 0 N–H and O–H groups in total. The number of benzene rings is 1. The van der Waals surface area contributed by atoms with Crippen LogP contribution in [0.1, 0.15) is 18.9 Å². The van der Waals surface area contributed by atoms with Gasteiger partial charge in [-0.2, -0.15) is 0 Å². The zero-order valence-electron chi connectivity index (χ0n) is 11.8. The number of allylic oxidation sites excluding steroid dienone is 1. The van der Waals surface area contributed by atoms with Crippen LogP contribution in [0.4, 0.5) is 0 Å². The van der Waals surface area contributed by atoms with E-state index in [0.717, 1.165) is 29.1 Å². The summed E-state index contributed by atoms with van der Waals surface area (Å²) in [5.41, 5.74) is 2.15. The van der Waals surface area contributed by atoms with Crippen molar-refractivity contribution in [2.45, 2.75) is 13.3 Å². The Kier molecular flexibility index (Phi) is 4.62. The van der Waals surface area contributed by atoms with Gasteiger partial charge in [0.05, 0.1) is 13.7 Å². The van der Waals surface area contributed by atoms with E-state index in [2.05, 4.69) is 18.0 Å². The quantitative estimate of drug-likeness (QED) is 0.781. The van der Waals surface area contributed by atoms with Crippen LogP contribution >= 0.6 is 0 Å². The predicted molar refractivity (Wildman–Crippen MR) is 83.4 cm³/mol. The van der Waals surface area contributed by atoms with Crippen molar-refractivity contribution in [1.29, 1.82) is 0 Å². The van der Waals surface area contributed by atoms with Crippen molar-refractivity contribution in [3.05, 3.63) is 48.2 Å². The van der Waals surface area contributed by atoms with Crippen LogP contribution < -0.4 is 4.74 Å². The highest BCUT2D eigenvalue weighted by atomic mass is 16.5. The molecule has 0 radical (unpaired) electrons. The number of terminal acetylenes is 1. The first kappa shape index (κ1) is 14.0. The van der Waals surface area contributed by atoms with E-state index in [4.69, 9.17) is 11.2 Å². The van der Waals surface area contributed by atoms with Gasteiger partial charge in [0.1, 0.15) is 11.6 Å². The number of rotatable bonds is 4. The molecule has 0 amide bonds. The third kappa shape index (κ3) is 3.10. The van der Waals surface area contributed by atoms with Crippen molar-refractivity contribution in [3.8, 4) is 18.2 Å². The summed E-state index contributed by atoms with van der Waals surface area (Å²) in [7, 11) is 1.66. The van der Waals surface area contributed by atoms with E-state index < -0.39 is 0 Å². The zero-order valence-corrected chi connectivity index (χ0v) is 11.8. The molecule has 1 aliphatic heterocycles. The molecule has 3 heteroatoms. The molecule has 0 unspecified atom stereocenters. The van der Waals surface area contributed by atoms with Crippen molar-refractivity contribution in [2.75, 3.05) is 13.7 Å². The molecule has 1 aliphatic rings. The third-order valence-corrected chi connectivity index (χ3v) is 3.03. The smallest absolute Gasteiger partial charge is 0.139 e. The maximum Gasteiger partial charge on any atom is 0.139 e. The number of nitrogens with zero attached hydrogens (tertiary/aromatic N) is 2. The van der Waals surface area contributed by atoms with E-state index in [9.17, 15) is 0 Å². The normalized spacial score (nSPS) is 14.8. The second-order valence-corrected chi connectivity index (χ2v) is 4.37. The summed E-state index contributed by atoms with van der Waals surface area (Å²) >= 11 is 0. The predicted octanol–water partition coefficient (Wildman–Crippen LogP) is 3.31. The van der Waals surface area contributed by atoms with E-state index in [1.54, 1.807) is 12.0 Å². The highest BCUT2D eigenvalue weighted by molar-refractivity contribution is 5.97. The largest absolute Gasteiger partial charge is 0.497 e. The average molecular weight is 266 g/mol. The van der Waals surface area contributed by atoms with E-state index in [-0.39, 0.29) is 0 Å². The lowest BCUT2D eigenvalue weighted by atomic mass is 10.1. The highest BCUT2D eigenvalue weighted by Gasteiger charge is 2.13. The molecule has 0 aromatic heterocycles. The standard InChI is InChI=1S/C17H18N2O/c1-4-6-10-17-18-12-15(13-19(17)5-2)14-8-7-9-16(11-14)20-3/h2,6-11,13H,4,12H2,1,3H3/b10-6-. The first-order valence-corrected chi connectivity index (χ1v) is 6.60. The Labute approximate surface area is 120 Å². The van der Waals surface area contributed by atoms with Gasteiger partial charge in [0, 0.05) is 12.2 Å². The van der Waals surface area contributed by atoms with Crippen LogP contribution in [0, 0.1) is 12.5 Å². The van der Waals surface area contributed by atoms with E-state index in [1.165, 1.54) is 0 Å². The first-order chi connectivity index (χ1) is 9.78. The summed E-state index contributed by atoms with van der Waals surface area (Å²) in [6, 6.07) is 10.5. The maximum atomic E-state index is 5.55. The van der Waals surface area contributed by atoms with Gasteiger partial charge in [-0.25, -0.2) is 0 Å². The van der Waals surface area contributed by atoms with Crippen LogP contribution in [0.15, 0.2) is 47.6 Å². The Morgan fingerprint density at radius 2 is 2.35 bits per heavy atom. The van der Waals surface area contributed by atoms with Gasteiger partial charge in [-0.1, -0.05) is 31.6 Å². The minimum Gasteiger partial charge on any atom is -0.497 e. The number of methoxy groups -OCH3 is 1. The molecule has 1 aromatic carbocycles. The lowest BCUT2D eigenvalue weighted by Crippen LogP contribution is -2.23. The molecular weight excluding hydrogens is 248 g/mol. The van der Waals surface area contributed by atoms with Gasteiger partial charge >= 0.3 is 0 Å². The number of aliphatic imine (C=N–C) groups is 1. The minimum atomic E-state index is 0.620. The molecule has 0 saturated heterocycles. The summed E-state index contributed by atoms with van der Waals surface area (Å²) in [5, 5.41) is 0. The average Bonchev–Trinajstić information content (AvgIpc) is 2.52. The van der Waals surface area contributed by atoms with E-state index in [1.807, 2.05) is 42.6 Å². The molecule has 0 aliphatic carbocycles. The summed E-state index contributed by atoms with van der Waals surface area (Å²) in [4.78, 5) is 6.25. The molecule has 0 bridgehead atoms. The van der Waals surface area contributed by atoms with Crippen LogP contribution in [0.2, 0.25) is 0 Å². The van der Waals surface area contributed by atoms with Gasteiger partial charge in [0.25, 0.3) is 0 Å². The van der Waals surface area contributed by atoms with Crippen LogP contribution in [-0.4, -0.2) is 24.4 Å². The molecule has 0 atom stereocenters. The fraction of sp³-hybridized carbons (Fsp3) is 0.235. The molecular formula is C17H18N2O. The van der Waals surface area contributed by atoms with Gasteiger partial charge in [-0.05, 0) is 35.8 Å². The van der Waals surface area contributed by atoms with Gasteiger partial charge < -0.3 is 4.74 Å². The SMILES string of the molecule is C#CN1C=C(c2cccc(OC)c2)CN=C1/C=C\CC. The first-order valence-electron chi connectivity index (χ1n) is 6.60. The Morgan fingerprint density at radius 1 is 1.50 bits per heavy atom. The van der Waals surface area contributed by atoms with Gasteiger partial charge in [-0.15, -0.1) is 0 Å². The fourth-order valence-corrected chi connectivity index (χ4v) is 1.95. The van der Waals surface area contributed by atoms with Crippen molar-refractivity contribution >= 4 is 11.4 Å². The molecule has 1 aromatic rings. The Balaban J connectivity index is 2.26. The van der Waals surface area contributed by atoms with Crippen molar-refractivity contribution in [2.24, 2.45) is 4.99 Å². The topological polar surface area (TPSA) is 24.8 Å². The van der Waals surface area contributed by atoms with Crippen LogP contribution in [0.25, 0.3) is 5.57 Å². The maximum absolute atomic E-state index is 5.55. The fourth-order valence-electron chi connectivity index (χ4n) is 1.95. The second kappa shape index (κ2) is 6.63. The van der Waals surface area contributed by atoms with Gasteiger partial charge in [0.2, 0.25) is 0 Å². The summed E-state index contributed by atoms with van der Waals surface area (Å²) in [6.45, 7) is 2.70. The molecule has 0 spiro atoms. The zero-order chi connectivity index (χ0) is 14.4. The van der Waals surface area contributed by atoms with Crippen molar-refractivity contribution in [3.63, 3.8) is 0 Å². The van der Waals surface area contributed by atoms with E-state index >= 15 is 0 Å². The molecule has 102 valence electrons. The molecule has 3 nitrogen and oxygen atoms in total. The summed E-state index contributed by atoms with van der Waals surface area (Å²) < 4.78 is 5.24. The third-order valence-electron chi connectivity index (χ3n) is 3.03.